The maximum atomic E-state index is 12.0. The van der Waals surface area contributed by atoms with Gasteiger partial charge in [-0.2, -0.15) is 5.10 Å². The molecule has 0 aliphatic heterocycles. The van der Waals surface area contributed by atoms with Gasteiger partial charge in [0.2, 0.25) is 5.91 Å². The minimum Gasteiger partial charge on any atom is -0.309 e. The fourth-order valence-corrected chi connectivity index (χ4v) is 3.29. The van der Waals surface area contributed by atoms with Gasteiger partial charge in [-0.3, -0.25) is 9.89 Å². The van der Waals surface area contributed by atoms with Crippen molar-refractivity contribution < 1.29 is 4.79 Å². The van der Waals surface area contributed by atoms with Crippen molar-refractivity contribution in [3.05, 3.63) is 72.8 Å². The van der Waals surface area contributed by atoms with E-state index < -0.39 is 0 Å². The predicted octanol–water partition coefficient (Wildman–Crippen LogP) is 5.64. The first kappa shape index (κ1) is 17.0. The number of hydrogen-bond acceptors (Lipinski definition) is 2. The van der Waals surface area contributed by atoms with Crippen LogP contribution >= 0.6 is 0 Å². The van der Waals surface area contributed by atoms with Crippen LogP contribution in [0.5, 0.6) is 0 Å². The molecule has 4 heteroatoms. The molecule has 4 rings (SSSR count). The number of carbonyl (C=O) groups is 1. The standard InChI is InChI=1S/C23H21N3O/c1-2-9-22(27)24-23-20-14-18(16-10-5-3-6-11-16)19(15-21(20)25-26-23)17-12-7-4-8-13-17/h3-8,10-15H,2,9H2,1H3,(H2,24,25,26,27). The summed E-state index contributed by atoms with van der Waals surface area (Å²) in [5.74, 6) is 0.569. The highest BCUT2D eigenvalue weighted by Crippen LogP contribution is 2.37. The zero-order valence-corrected chi connectivity index (χ0v) is 15.2. The Hall–Kier alpha value is -3.40. The lowest BCUT2D eigenvalue weighted by Gasteiger charge is -2.11. The number of benzene rings is 3. The predicted molar refractivity (Wildman–Crippen MR) is 111 cm³/mol. The summed E-state index contributed by atoms with van der Waals surface area (Å²) in [7, 11) is 0. The van der Waals surface area contributed by atoms with E-state index in [0.717, 1.165) is 39.6 Å². The minimum absolute atomic E-state index is 0.0145. The van der Waals surface area contributed by atoms with Gasteiger partial charge in [-0.1, -0.05) is 67.6 Å². The Morgan fingerprint density at radius 1 is 0.926 bits per heavy atom. The van der Waals surface area contributed by atoms with E-state index in [1.807, 2.05) is 43.3 Å². The van der Waals surface area contributed by atoms with Gasteiger partial charge in [-0.15, -0.1) is 0 Å². The first-order valence-corrected chi connectivity index (χ1v) is 9.19. The SMILES string of the molecule is CCCC(=O)Nc1n[nH]c2cc(-c3ccccc3)c(-c3ccccc3)cc12. The average Bonchev–Trinajstić information content (AvgIpc) is 3.10. The number of hydrogen-bond donors (Lipinski definition) is 2. The molecular weight excluding hydrogens is 334 g/mol. The van der Waals surface area contributed by atoms with Crippen LogP contribution in [0.4, 0.5) is 5.82 Å². The molecule has 4 aromatic rings. The molecule has 0 radical (unpaired) electrons. The summed E-state index contributed by atoms with van der Waals surface area (Å²) in [6, 6.07) is 24.8. The molecule has 0 saturated carbocycles. The van der Waals surface area contributed by atoms with Crippen molar-refractivity contribution in [3.8, 4) is 22.3 Å². The zero-order valence-electron chi connectivity index (χ0n) is 15.2. The van der Waals surface area contributed by atoms with Crippen LogP contribution in [-0.2, 0) is 4.79 Å². The molecule has 2 N–H and O–H groups in total. The molecule has 4 nitrogen and oxygen atoms in total. The zero-order chi connectivity index (χ0) is 18.6. The highest BCUT2D eigenvalue weighted by molar-refractivity contribution is 6.03. The number of nitrogens with one attached hydrogen (secondary N) is 2. The molecule has 1 aromatic heterocycles. The number of carbonyl (C=O) groups excluding carboxylic acids is 1. The molecule has 0 aliphatic carbocycles. The molecule has 0 fully saturated rings. The summed E-state index contributed by atoms with van der Waals surface area (Å²) in [4.78, 5) is 12.0. The lowest BCUT2D eigenvalue weighted by Crippen LogP contribution is -2.11. The normalized spacial score (nSPS) is 10.9. The maximum absolute atomic E-state index is 12.0. The molecule has 0 aliphatic rings. The van der Waals surface area contributed by atoms with Crippen molar-refractivity contribution in [1.29, 1.82) is 0 Å². The van der Waals surface area contributed by atoms with E-state index >= 15 is 0 Å². The first-order chi connectivity index (χ1) is 13.3. The fourth-order valence-electron chi connectivity index (χ4n) is 3.29. The van der Waals surface area contributed by atoms with E-state index in [0.29, 0.717) is 12.2 Å². The Balaban J connectivity index is 1.89. The van der Waals surface area contributed by atoms with E-state index in [-0.39, 0.29) is 5.91 Å². The van der Waals surface area contributed by atoms with Gasteiger partial charge in [-0.05, 0) is 40.8 Å². The number of nitrogens with zero attached hydrogens (tertiary/aromatic N) is 1. The van der Waals surface area contributed by atoms with Gasteiger partial charge in [-0.25, -0.2) is 0 Å². The van der Waals surface area contributed by atoms with Crippen molar-refractivity contribution in [2.24, 2.45) is 0 Å². The maximum Gasteiger partial charge on any atom is 0.225 e. The molecular formula is C23H21N3O. The second-order valence-electron chi connectivity index (χ2n) is 6.55. The van der Waals surface area contributed by atoms with Crippen LogP contribution in [0.25, 0.3) is 33.2 Å². The highest BCUT2D eigenvalue weighted by Gasteiger charge is 2.14. The second-order valence-corrected chi connectivity index (χ2v) is 6.55. The number of rotatable bonds is 5. The molecule has 1 heterocycles. The Morgan fingerprint density at radius 2 is 1.52 bits per heavy atom. The Kier molecular flexibility index (Phi) is 4.71. The van der Waals surface area contributed by atoms with E-state index in [4.69, 9.17) is 0 Å². The van der Waals surface area contributed by atoms with Crippen LogP contribution in [0.15, 0.2) is 72.8 Å². The number of aromatic amines is 1. The Morgan fingerprint density at radius 3 is 2.11 bits per heavy atom. The molecule has 3 aromatic carbocycles. The van der Waals surface area contributed by atoms with Crippen molar-refractivity contribution in [2.75, 3.05) is 5.32 Å². The summed E-state index contributed by atoms with van der Waals surface area (Å²) >= 11 is 0. The second kappa shape index (κ2) is 7.46. The van der Waals surface area contributed by atoms with Crippen molar-refractivity contribution in [3.63, 3.8) is 0 Å². The molecule has 1 amide bonds. The number of anilines is 1. The van der Waals surface area contributed by atoms with Crippen LogP contribution in [0.3, 0.4) is 0 Å². The third-order valence-corrected chi connectivity index (χ3v) is 4.61. The third-order valence-electron chi connectivity index (χ3n) is 4.61. The smallest absolute Gasteiger partial charge is 0.225 e. The summed E-state index contributed by atoms with van der Waals surface area (Å²) < 4.78 is 0. The molecule has 134 valence electrons. The summed E-state index contributed by atoms with van der Waals surface area (Å²) in [6.45, 7) is 1.99. The fraction of sp³-hybridized carbons (Fsp3) is 0.130. The Bertz CT molecular complexity index is 1070. The molecule has 27 heavy (non-hydrogen) atoms. The highest BCUT2D eigenvalue weighted by atomic mass is 16.1. The average molecular weight is 355 g/mol. The Labute approximate surface area is 158 Å². The summed E-state index contributed by atoms with van der Waals surface area (Å²) in [6.07, 6.45) is 1.30. The van der Waals surface area contributed by atoms with Crippen LogP contribution in [0, 0.1) is 0 Å². The molecule has 0 bridgehead atoms. The van der Waals surface area contributed by atoms with Crippen LogP contribution in [0.2, 0.25) is 0 Å². The molecule has 0 atom stereocenters. The topological polar surface area (TPSA) is 57.8 Å². The van der Waals surface area contributed by atoms with Crippen molar-refractivity contribution in [1.82, 2.24) is 10.2 Å². The summed E-state index contributed by atoms with van der Waals surface area (Å²) in [5, 5.41) is 11.2. The van der Waals surface area contributed by atoms with Gasteiger partial charge in [0.05, 0.1) is 5.52 Å². The summed E-state index contributed by atoms with van der Waals surface area (Å²) in [5.41, 5.74) is 5.42. The third kappa shape index (κ3) is 3.47. The lowest BCUT2D eigenvalue weighted by atomic mass is 9.93. The monoisotopic (exact) mass is 355 g/mol. The molecule has 0 spiro atoms. The van der Waals surface area contributed by atoms with Gasteiger partial charge >= 0.3 is 0 Å². The number of H-pyrrole nitrogens is 1. The number of fused-ring (bicyclic) bond motifs is 1. The van der Waals surface area contributed by atoms with Gasteiger partial charge in [0, 0.05) is 11.8 Å². The van der Waals surface area contributed by atoms with E-state index in [1.54, 1.807) is 0 Å². The largest absolute Gasteiger partial charge is 0.309 e. The van der Waals surface area contributed by atoms with Crippen LogP contribution < -0.4 is 5.32 Å². The first-order valence-electron chi connectivity index (χ1n) is 9.19. The molecule has 0 saturated heterocycles. The van der Waals surface area contributed by atoms with E-state index in [1.165, 1.54) is 0 Å². The van der Waals surface area contributed by atoms with Crippen molar-refractivity contribution in [2.45, 2.75) is 19.8 Å². The van der Waals surface area contributed by atoms with Gasteiger partial charge in [0.15, 0.2) is 5.82 Å². The van der Waals surface area contributed by atoms with Gasteiger partial charge in [0.25, 0.3) is 0 Å². The van der Waals surface area contributed by atoms with Crippen LogP contribution in [-0.4, -0.2) is 16.1 Å². The molecule has 0 unspecified atom stereocenters. The quantitative estimate of drug-likeness (QED) is 0.487. The van der Waals surface area contributed by atoms with Crippen molar-refractivity contribution >= 4 is 22.6 Å². The van der Waals surface area contributed by atoms with Gasteiger partial charge < -0.3 is 5.32 Å². The van der Waals surface area contributed by atoms with E-state index in [9.17, 15) is 4.79 Å². The number of aromatic nitrogens is 2. The van der Waals surface area contributed by atoms with Crippen LogP contribution in [0.1, 0.15) is 19.8 Å². The number of amides is 1. The van der Waals surface area contributed by atoms with Gasteiger partial charge in [0.1, 0.15) is 0 Å². The lowest BCUT2D eigenvalue weighted by molar-refractivity contribution is -0.116. The minimum atomic E-state index is -0.0145. The van der Waals surface area contributed by atoms with E-state index in [2.05, 4.69) is 51.9 Å².